The molecule has 1 aliphatic rings. The highest BCUT2D eigenvalue weighted by Crippen LogP contribution is 2.13. The SMILES string of the molecule is O=C(N[C@@H]1CCS(=O)(=O)C1)c1ccc(-n2cccn2)cc1. The van der Waals surface area contributed by atoms with Gasteiger partial charge in [0.05, 0.1) is 17.2 Å². The molecule has 0 unspecified atom stereocenters. The number of amides is 1. The Labute approximate surface area is 122 Å². The first-order valence-corrected chi connectivity index (χ1v) is 8.47. The van der Waals surface area contributed by atoms with Crippen LogP contribution in [0.4, 0.5) is 0 Å². The van der Waals surface area contributed by atoms with E-state index in [1.807, 2.05) is 12.3 Å². The lowest BCUT2D eigenvalue weighted by Gasteiger charge is -2.11. The molecule has 1 aliphatic heterocycles. The summed E-state index contributed by atoms with van der Waals surface area (Å²) in [6.07, 6.45) is 3.99. The number of nitrogens with one attached hydrogen (secondary N) is 1. The number of nitrogens with zero attached hydrogens (tertiary/aromatic N) is 2. The third kappa shape index (κ3) is 3.13. The van der Waals surface area contributed by atoms with Crippen molar-refractivity contribution in [1.29, 1.82) is 0 Å². The van der Waals surface area contributed by atoms with E-state index in [4.69, 9.17) is 0 Å². The van der Waals surface area contributed by atoms with E-state index >= 15 is 0 Å². The fraction of sp³-hybridized carbons (Fsp3) is 0.286. The second-order valence-corrected chi connectivity index (χ2v) is 7.30. The minimum Gasteiger partial charge on any atom is -0.348 e. The summed E-state index contributed by atoms with van der Waals surface area (Å²) in [5.74, 6) is -0.0653. The van der Waals surface area contributed by atoms with E-state index in [1.165, 1.54) is 0 Å². The Balaban J connectivity index is 1.68. The molecule has 1 aromatic heterocycles. The van der Waals surface area contributed by atoms with Gasteiger partial charge >= 0.3 is 0 Å². The van der Waals surface area contributed by atoms with Gasteiger partial charge in [-0.3, -0.25) is 4.79 Å². The molecule has 2 heterocycles. The lowest BCUT2D eigenvalue weighted by Crippen LogP contribution is -2.35. The molecule has 0 aliphatic carbocycles. The van der Waals surface area contributed by atoms with Crippen LogP contribution in [-0.4, -0.2) is 41.7 Å². The molecule has 1 atom stereocenters. The third-order valence-electron chi connectivity index (χ3n) is 3.47. The van der Waals surface area contributed by atoms with E-state index in [-0.39, 0.29) is 23.5 Å². The van der Waals surface area contributed by atoms with E-state index in [9.17, 15) is 13.2 Å². The molecule has 3 rings (SSSR count). The highest BCUT2D eigenvalue weighted by molar-refractivity contribution is 7.91. The van der Waals surface area contributed by atoms with Crippen molar-refractivity contribution in [2.75, 3.05) is 11.5 Å². The van der Waals surface area contributed by atoms with Crippen LogP contribution in [0.25, 0.3) is 5.69 Å². The molecule has 0 saturated carbocycles. The molecular weight excluding hydrogens is 290 g/mol. The number of carbonyl (C=O) groups excluding carboxylic acids is 1. The number of aromatic nitrogens is 2. The van der Waals surface area contributed by atoms with Crippen molar-refractivity contribution in [1.82, 2.24) is 15.1 Å². The molecule has 1 N–H and O–H groups in total. The number of rotatable bonds is 3. The largest absolute Gasteiger partial charge is 0.348 e. The van der Waals surface area contributed by atoms with Crippen molar-refractivity contribution >= 4 is 15.7 Å². The Morgan fingerprint density at radius 1 is 1.29 bits per heavy atom. The lowest BCUT2D eigenvalue weighted by molar-refractivity contribution is 0.0941. The molecule has 1 aromatic carbocycles. The topological polar surface area (TPSA) is 81.1 Å². The Morgan fingerprint density at radius 3 is 2.62 bits per heavy atom. The van der Waals surface area contributed by atoms with Crippen LogP contribution >= 0.6 is 0 Å². The van der Waals surface area contributed by atoms with Crippen LogP contribution in [0, 0.1) is 0 Å². The standard InChI is InChI=1S/C14H15N3O3S/c18-14(16-12-6-9-21(19,20)10-12)11-2-4-13(5-3-11)17-8-1-7-15-17/h1-5,7-8,12H,6,9-10H2,(H,16,18)/t12-/m1/s1. The van der Waals surface area contributed by atoms with Crippen molar-refractivity contribution in [3.05, 3.63) is 48.3 Å². The van der Waals surface area contributed by atoms with Gasteiger partial charge in [-0.05, 0) is 36.8 Å². The molecule has 110 valence electrons. The predicted octanol–water partition coefficient (Wildman–Crippen LogP) is 0.789. The molecule has 0 spiro atoms. The molecule has 21 heavy (non-hydrogen) atoms. The van der Waals surface area contributed by atoms with Crippen LogP contribution in [0.5, 0.6) is 0 Å². The lowest BCUT2D eigenvalue weighted by atomic mass is 10.1. The Hall–Kier alpha value is -2.15. The van der Waals surface area contributed by atoms with E-state index in [0.29, 0.717) is 12.0 Å². The second kappa shape index (κ2) is 5.33. The van der Waals surface area contributed by atoms with Gasteiger partial charge in [-0.2, -0.15) is 5.10 Å². The normalized spacial score (nSPS) is 20.3. The van der Waals surface area contributed by atoms with Gasteiger partial charge in [-0.1, -0.05) is 0 Å². The molecule has 0 bridgehead atoms. The van der Waals surface area contributed by atoms with E-state index in [2.05, 4.69) is 10.4 Å². The highest BCUT2D eigenvalue weighted by atomic mass is 32.2. The summed E-state index contributed by atoms with van der Waals surface area (Å²) in [7, 11) is -2.99. The van der Waals surface area contributed by atoms with Crippen LogP contribution in [0.2, 0.25) is 0 Å². The highest BCUT2D eigenvalue weighted by Gasteiger charge is 2.29. The molecule has 7 heteroatoms. The van der Waals surface area contributed by atoms with E-state index in [1.54, 1.807) is 35.1 Å². The summed E-state index contributed by atoms with van der Waals surface area (Å²) in [5, 5.41) is 6.87. The average Bonchev–Trinajstić information content (AvgIpc) is 3.09. The molecule has 1 fully saturated rings. The Bertz CT molecular complexity index is 736. The summed E-state index contributed by atoms with van der Waals surface area (Å²) < 4.78 is 24.4. The fourth-order valence-corrected chi connectivity index (χ4v) is 4.04. The van der Waals surface area contributed by atoms with Gasteiger partial charge in [0, 0.05) is 24.0 Å². The first-order chi connectivity index (χ1) is 10.0. The minimum atomic E-state index is -2.99. The summed E-state index contributed by atoms with van der Waals surface area (Å²) in [6, 6.07) is 8.54. The Kier molecular flexibility index (Phi) is 3.50. The van der Waals surface area contributed by atoms with Crippen molar-refractivity contribution < 1.29 is 13.2 Å². The quantitative estimate of drug-likeness (QED) is 0.909. The maximum Gasteiger partial charge on any atom is 0.251 e. The van der Waals surface area contributed by atoms with Crippen LogP contribution in [-0.2, 0) is 9.84 Å². The molecule has 0 radical (unpaired) electrons. The van der Waals surface area contributed by atoms with Crippen LogP contribution in [0.3, 0.4) is 0 Å². The molecule has 1 amide bonds. The first kappa shape index (κ1) is 13.8. The molecular formula is C14H15N3O3S. The maximum atomic E-state index is 12.1. The fourth-order valence-electron chi connectivity index (χ4n) is 2.36. The van der Waals surface area contributed by atoms with Crippen LogP contribution in [0.1, 0.15) is 16.8 Å². The van der Waals surface area contributed by atoms with Gasteiger partial charge < -0.3 is 5.32 Å². The van der Waals surface area contributed by atoms with Gasteiger partial charge in [-0.15, -0.1) is 0 Å². The number of carbonyl (C=O) groups is 1. The van der Waals surface area contributed by atoms with Gasteiger partial charge in [0.15, 0.2) is 9.84 Å². The molecule has 6 nitrogen and oxygen atoms in total. The van der Waals surface area contributed by atoms with Gasteiger partial charge in [0.25, 0.3) is 5.91 Å². The summed E-state index contributed by atoms with van der Waals surface area (Å²) in [4.78, 5) is 12.1. The predicted molar refractivity (Wildman–Crippen MR) is 78.1 cm³/mol. The Morgan fingerprint density at radius 2 is 2.05 bits per heavy atom. The zero-order chi connectivity index (χ0) is 14.9. The van der Waals surface area contributed by atoms with Crippen molar-refractivity contribution in [3.63, 3.8) is 0 Å². The van der Waals surface area contributed by atoms with Gasteiger partial charge in [0.1, 0.15) is 0 Å². The third-order valence-corrected chi connectivity index (χ3v) is 5.23. The molecule has 1 saturated heterocycles. The zero-order valence-electron chi connectivity index (χ0n) is 11.3. The maximum absolute atomic E-state index is 12.1. The van der Waals surface area contributed by atoms with Gasteiger partial charge in [0.2, 0.25) is 0 Å². The number of benzene rings is 1. The number of sulfone groups is 1. The van der Waals surface area contributed by atoms with Crippen molar-refractivity contribution in [2.24, 2.45) is 0 Å². The second-order valence-electron chi connectivity index (χ2n) is 5.07. The zero-order valence-corrected chi connectivity index (χ0v) is 12.1. The first-order valence-electron chi connectivity index (χ1n) is 6.65. The van der Waals surface area contributed by atoms with E-state index in [0.717, 1.165) is 5.69 Å². The van der Waals surface area contributed by atoms with Gasteiger partial charge in [-0.25, -0.2) is 13.1 Å². The minimum absolute atomic E-state index is 0.0319. The average molecular weight is 305 g/mol. The van der Waals surface area contributed by atoms with Crippen LogP contribution < -0.4 is 5.32 Å². The van der Waals surface area contributed by atoms with Crippen molar-refractivity contribution in [3.8, 4) is 5.69 Å². The number of hydrogen-bond donors (Lipinski definition) is 1. The number of hydrogen-bond acceptors (Lipinski definition) is 4. The summed E-state index contributed by atoms with van der Waals surface area (Å²) in [5.41, 5.74) is 1.37. The molecule has 2 aromatic rings. The monoisotopic (exact) mass is 305 g/mol. The smallest absolute Gasteiger partial charge is 0.251 e. The summed E-state index contributed by atoms with van der Waals surface area (Å²) in [6.45, 7) is 0. The van der Waals surface area contributed by atoms with E-state index < -0.39 is 9.84 Å². The van der Waals surface area contributed by atoms with Crippen molar-refractivity contribution in [2.45, 2.75) is 12.5 Å². The summed E-state index contributed by atoms with van der Waals surface area (Å²) >= 11 is 0. The van der Waals surface area contributed by atoms with Crippen LogP contribution in [0.15, 0.2) is 42.7 Å².